The van der Waals surface area contributed by atoms with Gasteiger partial charge in [0.2, 0.25) is 0 Å². The van der Waals surface area contributed by atoms with Gasteiger partial charge in [-0.1, -0.05) is 6.58 Å². The largest absolute Gasteiger partial charge is 0.394 e. The standard InChI is InChI=1S/C11H17N3O3/c1-6-12-7(2)14(8(3)13-6)11-4-9(16)10(5-15)17-11/h9-11,15-16H,2,4-5H2,1,3H3/t9-,10-,11-/m1/s1. The van der Waals surface area contributed by atoms with Gasteiger partial charge in [-0.25, -0.2) is 9.98 Å². The molecule has 1 saturated heterocycles. The van der Waals surface area contributed by atoms with Crippen molar-refractivity contribution in [3.63, 3.8) is 0 Å². The van der Waals surface area contributed by atoms with E-state index in [1.807, 2.05) is 6.92 Å². The maximum Gasteiger partial charge on any atom is 0.140 e. The fourth-order valence-electron chi connectivity index (χ4n) is 2.15. The molecule has 0 aromatic rings. The first-order valence-electron chi connectivity index (χ1n) is 5.56. The lowest BCUT2D eigenvalue weighted by Crippen LogP contribution is -2.40. The molecule has 1 fully saturated rings. The van der Waals surface area contributed by atoms with Gasteiger partial charge in [0.15, 0.2) is 0 Å². The number of ether oxygens (including phenoxy) is 1. The Kier molecular flexibility index (Phi) is 3.28. The van der Waals surface area contributed by atoms with Crippen molar-refractivity contribution in [2.45, 2.75) is 38.7 Å². The third-order valence-electron chi connectivity index (χ3n) is 2.91. The number of aliphatic hydroxyl groups is 2. The number of aliphatic imine (C=N–C) groups is 2. The molecule has 0 spiro atoms. The SMILES string of the molecule is C=C1N=C(C)N=C(C)N1[C@H]1C[C@@H](O)[C@@H](CO)O1. The van der Waals surface area contributed by atoms with Gasteiger partial charge in [-0.05, 0) is 13.8 Å². The summed E-state index contributed by atoms with van der Waals surface area (Å²) in [6.07, 6.45) is -1.17. The Balaban J connectivity index is 2.15. The maximum atomic E-state index is 9.70. The van der Waals surface area contributed by atoms with Crippen LogP contribution in [0.15, 0.2) is 22.4 Å². The molecule has 0 saturated carbocycles. The predicted molar refractivity (Wildman–Crippen MR) is 63.6 cm³/mol. The molecular weight excluding hydrogens is 222 g/mol. The minimum atomic E-state index is -0.669. The Morgan fingerprint density at radius 2 is 2.18 bits per heavy atom. The van der Waals surface area contributed by atoms with Crippen LogP contribution in [-0.4, -0.2) is 51.8 Å². The van der Waals surface area contributed by atoms with Crippen molar-refractivity contribution in [2.24, 2.45) is 9.98 Å². The van der Waals surface area contributed by atoms with Crippen LogP contribution in [0.1, 0.15) is 20.3 Å². The van der Waals surface area contributed by atoms with E-state index >= 15 is 0 Å². The molecule has 94 valence electrons. The van der Waals surface area contributed by atoms with Crippen molar-refractivity contribution in [3.05, 3.63) is 12.4 Å². The van der Waals surface area contributed by atoms with Crippen LogP contribution in [0.4, 0.5) is 0 Å². The Labute approximate surface area is 99.9 Å². The maximum absolute atomic E-state index is 9.70. The summed E-state index contributed by atoms with van der Waals surface area (Å²) in [7, 11) is 0. The second-order valence-electron chi connectivity index (χ2n) is 4.22. The van der Waals surface area contributed by atoms with Crippen molar-refractivity contribution >= 4 is 11.7 Å². The van der Waals surface area contributed by atoms with E-state index in [1.165, 1.54) is 0 Å². The molecule has 2 rings (SSSR count). The summed E-state index contributed by atoms with van der Waals surface area (Å²) in [5, 5.41) is 18.7. The van der Waals surface area contributed by atoms with Crippen LogP contribution >= 0.6 is 0 Å². The summed E-state index contributed by atoms with van der Waals surface area (Å²) >= 11 is 0. The molecule has 6 heteroatoms. The van der Waals surface area contributed by atoms with Crippen LogP contribution in [0.5, 0.6) is 0 Å². The molecule has 0 unspecified atom stereocenters. The van der Waals surface area contributed by atoms with E-state index in [-0.39, 0.29) is 12.8 Å². The monoisotopic (exact) mass is 239 g/mol. The lowest BCUT2D eigenvalue weighted by atomic mass is 10.2. The fourth-order valence-corrected chi connectivity index (χ4v) is 2.15. The van der Waals surface area contributed by atoms with Crippen molar-refractivity contribution in [1.82, 2.24) is 4.90 Å². The second-order valence-corrected chi connectivity index (χ2v) is 4.22. The Hall–Kier alpha value is -1.24. The molecule has 0 radical (unpaired) electrons. The molecule has 3 atom stereocenters. The summed E-state index contributed by atoms with van der Waals surface area (Å²) in [6.45, 7) is 7.29. The molecule has 0 bridgehead atoms. The Morgan fingerprint density at radius 3 is 2.71 bits per heavy atom. The van der Waals surface area contributed by atoms with Crippen LogP contribution in [0.3, 0.4) is 0 Å². The molecular formula is C11H17N3O3. The quantitative estimate of drug-likeness (QED) is 0.715. The topological polar surface area (TPSA) is 77.7 Å². The van der Waals surface area contributed by atoms with E-state index in [2.05, 4.69) is 16.6 Å². The fraction of sp³-hybridized carbons (Fsp3) is 0.636. The van der Waals surface area contributed by atoms with Crippen molar-refractivity contribution in [1.29, 1.82) is 0 Å². The van der Waals surface area contributed by atoms with Gasteiger partial charge in [0.05, 0.1) is 12.7 Å². The van der Waals surface area contributed by atoms with E-state index in [0.717, 1.165) is 5.84 Å². The molecule has 2 heterocycles. The summed E-state index contributed by atoms with van der Waals surface area (Å²) in [4.78, 5) is 10.2. The molecule has 17 heavy (non-hydrogen) atoms. The molecule has 0 amide bonds. The van der Waals surface area contributed by atoms with Gasteiger partial charge in [0.1, 0.15) is 29.8 Å². The third-order valence-corrected chi connectivity index (χ3v) is 2.91. The summed E-state index contributed by atoms with van der Waals surface area (Å²) in [6, 6.07) is 0. The zero-order chi connectivity index (χ0) is 12.6. The lowest BCUT2D eigenvalue weighted by Gasteiger charge is -2.31. The first-order valence-corrected chi connectivity index (χ1v) is 5.56. The summed E-state index contributed by atoms with van der Waals surface area (Å²) < 4.78 is 5.55. The highest BCUT2D eigenvalue weighted by Gasteiger charge is 2.38. The minimum Gasteiger partial charge on any atom is -0.394 e. The number of rotatable bonds is 2. The highest BCUT2D eigenvalue weighted by molar-refractivity contribution is 5.98. The van der Waals surface area contributed by atoms with Crippen LogP contribution < -0.4 is 0 Å². The average molecular weight is 239 g/mol. The van der Waals surface area contributed by atoms with Crippen LogP contribution in [0.25, 0.3) is 0 Å². The number of hydrogen-bond donors (Lipinski definition) is 2. The molecule has 0 aromatic carbocycles. The van der Waals surface area contributed by atoms with E-state index in [9.17, 15) is 5.11 Å². The smallest absolute Gasteiger partial charge is 0.140 e. The van der Waals surface area contributed by atoms with Crippen molar-refractivity contribution in [3.8, 4) is 0 Å². The van der Waals surface area contributed by atoms with Gasteiger partial charge in [-0.15, -0.1) is 0 Å². The van der Waals surface area contributed by atoms with E-state index < -0.39 is 12.2 Å². The van der Waals surface area contributed by atoms with Gasteiger partial charge < -0.3 is 14.9 Å². The number of amidine groups is 2. The van der Waals surface area contributed by atoms with Gasteiger partial charge in [-0.2, -0.15) is 0 Å². The second kappa shape index (κ2) is 4.56. The molecule has 2 aliphatic rings. The number of nitrogens with zero attached hydrogens (tertiary/aromatic N) is 3. The number of hydrogen-bond acceptors (Lipinski definition) is 6. The van der Waals surface area contributed by atoms with Crippen molar-refractivity contribution in [2.75, 3.05) is 6.61 Å². The average Bonchev–Trinajstić information content (AvgIpc) is 2.57. The number of aliphatic hydroxyl groups excluding tert-OH is 2. The minimum absolute atomic E-state index is 0.198. The van der Waals surface area contributed by atoms with Crippen LogP contribution in [0.2, 0.25) is 0 Å². The molecule has 2 N–H and O–H groups in total. The molecule has 0 aromatic heterocycles. The Morgan fingerprint density at radius 1 is 1.47 bits per heavy atom. The van der Waals surface area contributed by atoms with Gasteiger partial charge in [0.25, 0.3) is 0 Å². The first-order chi connectivity index (χ1) is 8.02. The van der Waals surface area contributed by atoms with Crippen LogP contribution in [0, 0.1) is 0 Å². The van der Waals surface area contributed by atoms with E-state index in [0.29, 0.717) is 18.1 Å². The normalized spacial score (nSPS) is 33.8. The van der Waals surface area contributed by atoms with Crippen LogP contribution in [-0.2, 0) is 4.74 Å². The van der Waals surface area contributed by atoms with E-state index in [1.54, 1.807) is 11.8 Å². The first kappa shape index (κ1) is 12.2. The Bertz CT molecular complexity index is 391. The highest BCUT2D eigenvalue weighted by atomic mass is 16.5. The van der Waals surface area contributed by atoms with Gasteiger partial charge >= 0.3 is 0 Å². The summed E-state index contributed by atoms with van der Waals surface area (Å²) in [5.41, 5.74) is 0. The van der Waals surface area contributed by atoms with E-state index in [4.69, 9.17) is 9.84 Å². The van der Waals surface area contributed by atoms with Gasteiger partial charge in [0, 0.05) is 6.42 Å². The lowest BCUT2D eigenvalue weighted by molar-refractivity contribution is -0.0513. The van der Waals surface area contributed by atoms with Gasteiger partial charge in [-0.3, -0.25) is 4.90 Å². The predicted octanol–water partition coefficient (Wildman–Crippen LogP) is 0.0782. The third kappa shape index (κ3) is 2.24. The molecule has 2 aliphatic heterocycles. The summed E-state index contributed by atoms with van der Waals surface area (Å²) in [5.74, 6) is 1.94. The van der Waals surface area contributed by atoms with Crippen molar-refractivity contribution < 1.29 is 14.9 Å². The zero-order valence-electron chi connectivity index (χ0n) is 10.00. The molecule has 0 aliphatic carbocycles. The highest BCUT2D eigenvalue weighted by Crippen LogP contribution is 2.27. The zero-order valence-corrected chi connectivity index (χ0v) is 10.00. The molecule has 6 nitrogen and oxygen atoms in total.